The minimum atomic E-state index is 0.584. The summed E-state index contributed by atoms with van der Waals surface area (Å²) in [7, 11) is 0. The number of nitrogens with zero attached hydrogens (tertiary/aromatic N) is 1. The van der Waals surface area contributed by atoms with Crippen molar-refractivity contribution in [3.05, 3.63) is 28.5 Å². The van der Waals surface area contributed by atoms with Gasteiger partial charge in [-0.2, -0.15) is 0 Å². The topological polar surface area (TPSA) is 24.9 Å². The average molecular weight is 285 g/mol. The fourth-order valence-corrected chi connectivity index (χ4v) is 2.24. The van der Waals surface area contributed by atoms with Gasteiger partial charge in [0.1, 0.15) is 0 Å². The zero-order valence-electron chi connectivity index (χ0n) is 10.2. The Morgan fingerprint density at radius 1 is 1.31 bits per heavy atom. The van der Waals surface area contributed by atoms with E-state index in [1.54, 1.807) is 0 Å². The summed E-state index contributed by atoms with van der Waals surface area (Å²) in [5, 5.41) is 3.60. The molecule has 90 valence electrons. The molecule has 0 bridgehead atoms. The molecule has 0 radical (unpaired) electrons. The van der Waals surface area contributed by atoms with Crippen molar-refractivity contribution in [2.24, 2.45) is 0 Å². The summed E-state index contributed by atoms with van der Waals surface area (Å²) < 4.78 is 1.07. The number of nitrogens with one attached hydrogen (secondary N) is 1. The van der Waals surface area contributed by atoms with Gasteiger partial charge < -0.3 is 5.32 Å². The van der Waals surface area contributed by atoms with Crippen molar-refractivity contribution in [2.75, 3.05) is 6.54 Å². The molecule has 0 aliphatic rings. The van der Waals surface area contributed by atoms with Crippen LogP contribution >= 0.6 is 15.9 Å². The van der Waals surface area contributed by atoms with Gasteiger partial charge in [-0.25, -0.2) is 0 Å². The molecule has 1 atom stereocenters. The second-order valence-corrected chi connectivity index (χ2v) is 5.07. The highest BCUT2D eigenvalue weighted by molar-refractivity contribution is 9.10. The lowest BCUT2D eigenvalue weighted by Gasteiger charge is -2.17. The second kappa shape index (κ2) is 7.80. The van der Waals surface area contributed by atoms with Gasteiger partial charge in [-0.05, 0) is 53.4 Å². The number of rotatable bonds is 7. The molecule has 0 saturated heterocycles. The van der Waals surface area contributed by atoms with E-state index in [1.807, 2.05) is 12.4 Å². The molecule has 0 aliphatic heterocycles. The summed E-state index contributed by atoms with van der Waals surface area (Å²) in [6.07, 6.45) is 8.51. The van der Waals surface area contributed by atoms with Crippen molar-refractivity contribution in [3.63, 3.8) is 0 Å². The number of hydrogen-bond donors (Lipinski definition) is 1. The minimum absolute atomic E-state index is 0.584. The monoisotopic (exact) mass is 284 g/mol. The number of halogens is 1. The minimum Gasteiger partial charge on any atom is -0.314 e. The predicted molar refractivity (Wildman–Crippen MR) is 72.6 cm³/mol. The Hall–Kier alpha value is -0.410. The lowest BCUT2D eigenvalue weighted by Crippen LogP contribution is -2.31. The van der Waals surface area contributed by atoms with E-state index in [0.29, 0.717) is 6.04 Å². The molecule has 0 saturated carbocycles. The van der Waals surface area contributed by atoms with Crippen LogP contribution in [0.5, 0.6) is 0 Å². The maximum absolute atomic E-state index is 4.20. The standard InChI is InChI=1S/C13H21BrN2/c1-3-5-13(16-6-4-2)8-11-7-12(14)10-15-9-11/h7,9-10,13,16H,3-6,8H2,1-2H3. The SMILES string of the molecule is CCCNC(CCC)Cc1cncc(Br)c1. The Balaban J connectivity index is 2.52. The van der Waals surface area contributed by atoms with Crippen LogP contribution in [0.1, 0.15) is 38.7 Å². The molecule has 16 heavy (non-hydrogen) atoms. The number of aromatic nitrogens is 1. The summed E-state index contributed by atoms with van der Waals surface area (Å²) in [5.74, 6) is 0. The third kappa shape index (κ3) is 5.08. The lowest BCUT2D eigenvalue weighted by molar-refractivity contribution is 0.472. The molecular formula is C13H21BrN2. The van der Waals surface area contributed by atoms with E-state index in [2.05, 4.69) is 46.1 Å². The fraction of sp³-hybridized carbons (Fsp3) is 0.615. The highest BCUT2D eigenvalue weighted by Crippen LogP contribution is 2.12. The molecule has 0 aliphatic carbocycles. The number of pyridine rings is 1. The van der Waals surface area contributed by atoms with Crippen LogP contribution in [0.2, 0.25) is 0 Å². The van der Waals surface area contributed by atoms with Crippen LogP contribution in [-0.4, -0.2) is 17.6 Å². The Bertz CT molecular complexity index is 302. The van der Waals surface area contributed by atoms with E-state index in [1.165, 1.54) is 24.8 Å². The van der Waals surface area contributed by atoms with Crippen LogP contribution in [-0.2, 0) is 6.42 Å². The molecule has 0 amide bonds. The maximum atomic E-state index is 4.20. The first-order valence-electron chi connectivity index (χ1n) is 6.09. The van der Waals surface area contributed by atoms with Crippen LogP contribution in [0.15, 0.2) is 22.9 Å². The van der Waals surface area contributed by atoms with Gasteiger partial charge in [0.05, 0.1) is 0 Å². The summed E-state index contributed by atoms with van der Waals surface area (Å²) in [5.41, 5.74) is 1.30. The second-order valence-electron chi connectivity index (χ2n) is 4.16. The average Bonchev–Trinajstić information content (AvgIpc) is 2.26. The van der Waals surface area contributed by atoms with Crippen LogP contribution in [0, 0.1) is 0 Å². The third-order valence-electron chi connectivity index (χ3n) is 2.56. The summed E-state index contributed by atoms with van der Waals surface area (Å²) in [6.45, 7) is 5.54. The first-order chi connectivity index (χ1) is 7.76. The van der Waals surface area contributed by atoms with E-state index in [4.69, 9.17) is 0 Å². The van der Waals surface area contributed by atoms with Gasteiger partial charge in [0.25, 0.3) is 0 Å². The van der Waals surface area contributed by atoms with Crippen LogP contribution < -0.4 is 5.32 Å². The maximum Gasteiger partial charge on any atom is 0.0410 e. The summed E-state index contributed by atoms with van der Waals surface area (Å²) in [6, 6.07) is 2.74. The van der Waals surface area contributed by atoms with E-state index >= 15 is 0 Å². The van der Waals surface area contributed by atoms with Crippen LogP contribution in [0.25, 0.3) is 0 Å². The molecule has 1 aromatic heterocycles. The van der Waals surface area contributed by atoms with Crippen molar-refractivity contribution in [1.82, 2.24) is 10.3 Å². The Morgan fingerprint density at radius 2 is 2.12 bits per heavy atom. The smallest absolute Gasteiger partial charge is 0.0410 e. The predicted octanol–water partition coefficient (Wildman–Crippen LogP) is 3.55. The van der Waals surface area contributed by atoms with Gasteiger partial charge in [-0.15, -0.1) is 0 Å². The van der Waals surface area contributed by atoms with Gasteiger partial charge in [-0.3, -0.25) is 4.98 Å². The highest BCUT2D eigenvalue weighted by atomic mass is 79.9. The zero-order chi connectivity index (χ0) is 11.8. The molecule has 1 aromatic rings. The van der Waals surface area contributed by atoms with Crippen molar-refractivity contribution in [2.45, 2.75) is 45.6 Å². The zero-order valence-corrected chi connectivity index (χ0v) is 11.8. The molecule has 0 spiro atoms. The summed E-state index contributed by atoms with van der Waals surface area (Å²) >= 11 is 3.46. The molecule has 2 nitrogen and oxygen atoms in total. The number of hydrogen-bond acceptors (Lipinski definition) is 2. The van der Waals surface area contributed by atoms with E-state index in [-0.39, 0.29) is 0 Å². The van der Waals surface area contributed by atoms with Gasteiger partial charge in [0.2, 0.25) is 0 Å². The quantitative estimate of drug-likeness (QED) is 0.828. The Kier molecular flexibility index (Phi) is 6.65. The van der Waals surface area contributed by atoms with Crippen molar-refractivity contribution in [3.8, 4) is 0 Å². The molecule has 1 heterocycles. The molecule has 0 fully saturated rings. The molecule has 1 unspecified atom stereocenters. The summed E-state index contributed by atoms with van der Waals surface area (Å²) in [4.78, 5) is 4.20. The molecule has 1 rings (SSSR count). The normalized spacial score (nSPS) is 12.7. The van der Waals surface area contributed by atoms with Crippen LogP contribution in [0.4, 0.5) is 0 Å². The van der Waals surface area contributed by atoms with Gasteiger partial charge >= 0.3 is 0 Å². The van der Waals surface area contributed by atoms with Gasteiger partial charge in [-0.1, -0.05) is 20.3 Å². The van der Waals surface area contributed by atoms with E-state index in [9.17, 15) is 0 Å². The largest absolute Gasteiger partial charge is 0.314 e. The van der Waals surface area contributed by atoms with E-state index in [0.717, 1.165) is 17.4 Å². The first-order valence-corrected chi connectivity index (χ1v) is 6.88. The first kappa shape index (κ1) is 13.7. The highest BCUT2D eigenvalue weighted by Gasteiger charge is 2.07. The van der Waals surface area contributed by atoms with Gasteiger partial charge in [0, 0.05) is 22.9 Å². The van der Waals surface area contributed by atoms with Crippen molar-refractivity contribution >= 4 is 15.9 Å². The molecular weight excluding hydrogens is 264 g/mol. The van der Waals surface area contributed by atoms with E-state index < -0.39 is 0 Å². The van der Waals surface area contributed by atoms with Crippen molar-refractivity contribution < 1.29 is 0 Å². The molecule has 1 N–H and O–H groups in total. The van der Waals surface area contributed by atoms with Gasteiger partial charge in [0.15, 0.2) is 0 Å². The van der Waals surface area contributed by atoms with Crippen molar-refractivity contribution in [1.29, 1.82) is 0 Å². The van der Waals surface area contributed by atoms with Crippen LogP contribution in [0.3, 0.4) is 0 Å². The molecule has 0 aromatic carbocycles. The Morgan fingerprint density at radius 3 is 2.75 bits per heavy atom. The fourth-order valence-electron chi connectivity index (χ4n) is 1.83. The Labute approximate surface area is 107 Å². The molecule has 3 heteroatoms. The lowest BCUT2D eigenvalue weighted by atomic mass is 10.0. The third-order valence-corrected chi connectivity index (χ3v) is 3.00.